The highest BCUT2D eigenvalue weighted by Gasteiger charge is 2.27. The van der Waals surface area contributed by atoms with E-state index in [0.717, 1.165) is 25.7 Å². The number of carbonyl (C=O) groups excluding carboxylic acids is 1. The molecule has 0 aromatic carbocycles. The second-order valence-corrected chi connectivity index (χ2v) is 9.97. The van der Waals surface area contributed by atoms with Gasteiger partial charge in [-0.15, -0.1) is 0 Å². The van der Waals surface area contributed by atoms with E-state index >= 15 is 0 Å². The minimum Gasteiger partial charge on any atom is -0.392 e. The van der Waals surface area contributed by atoms with Gasteiger partial charge in [0.15, 0.2) is 0 Å². The molecule has 0 aromatic heterocycles. The molecule has 0 aromatic rings. The Morgan fingerprint density at radius 2 is 0.900 bits per heavy atom. The van der Waals surface area contributed by atoms with Crippen molar-refractivity contribution in [3.05, 3.63) is 0 Å². The lowest BCUT2D eigenvalue weighted by Crippen LogP contribution is -2.31. The van der Waals surface area contributed by atoms with Crippen LogP contribution in [0.4, 0.5) is 0 Å². The minimum absolute atomic E-state index is 0.0337. The van der Waals surface area contributed by atoms with Crippen LogP contribution in [0, 0.1) is 11.8 Å². The first-order valence-electron chi connectivity index (χ1n) is 13.8. The summed E-state index contributed by atoms with van der Waals surface area (Å²) in [5.74, 6) is 0.174. The van der Waals surface area contributed by atoms with Crippen molar-refractivity contribution in [2.24, 2.45) is 11.8 Å². The Bertz CT molecular complexity index is 364. The first-order chi connectivity index (χ1) is 14.5. The molecular weight excluding hydrogens is 368 g/mol. The Hall–Kier alpha value is -0.370. The molecule has 0 saturated carbocycles. The third-order valence-electron chi connectivity index (χ3n) is 6.62. The normalized spacial score (nSPS) is 13.7. The van der Waals surface area contributed by atoms with Crippen LogP contribution in [0.5, 0.6) is 0 Å². The molecule has 30 heavy (non-hydrogen) atoms. The van der Waals surface area contributed by atoms with E-state index in [1.165, 1.54) is 103 Å². The maximum atomic E-state index is 12.6. The molecule has 180 valence electrons. The molecule has 0 fully saturated rings. The third-order valence-corrected chi connectivity index (χ3v) is 6.62. The second kappa shape index (κ2) is 21.8. The van der Waals surface area contributed by atoms with Gasteiger partial charge in [-0.2, -0.15) is 0 Å². The first kappa shape index (κ1) is 29.6. The number of hydrogen-bond acceptors (Lipinski definition) is 2. The maximum Gasteiger partial charge on any atom is 0.141 e. The zero-order chi connectivity index (χ0) is 22.5. The van der Waals surface area contributed by atoms with Gasteiger partial charge in [-0.1, -0.05) is 143 Å². The van der Waals surface area contributed by atoms with Crippen molar-refractivity contribution < 1.29 is 9.90 Å². The molecule has 0 spiro atoms. The molecule has 0 amide bonds. The summed E-state index contributed by atoms with van der Waals surface area (Å²) in [5.41, 5.74) is 0. The van der Waals surface area contributed by atoms with Crippen molar-refractivity contribution in [1.82, 2.24) is 0 Å². The molecule has 0 unspecified atom stereocenters. The summed E-state index contributed by atoms with van der Waals surface area (Å²) in [7, 11) is 0. The quantitative estimate of drug-likeness (QED) is 0.166. The number of hydrogen-bond donors (Lipinski definition) is 1. The highest BCUT2D eigenvalue weighted by atomic mass is 16.3. The van der Waals surface area contributed by atoms with E-state index in [2.05, 4.69) is 13.8 Å². The van der Waals surface area contributed by atoms with Crippen LogP contribution in [0.15, 0.2) is 0 Å². The summed E-state index contributed by atoms with van der Waals surface area (Å²) in [6.45, 7) is 8.49. The van der Waals surface area contributed by atoms with Crippen molar-refractivity contribution >= 4 is 5.78 Å². The Kier molecular flexibility index (Phi) is 21.6. The molecule has 1 N–H and O–H groups in total. The third kappa shape index (κ3) is 17.3. The summed E-state index contributed by atoms with van der Waals surface area (Å²) in [4.78, 5) is 12.6. The zero-order valence-electron chi connectivity index (χ0n) is 21.2. The average Bonchev–Trinajstić information content (AvgIpc) is 2.73. The summed E-state index contributed by atoms with van der Waals surface area (Å²) in [6.07, 6.45) is 24.6. The average molecular weight is 425 g/mol. The van der Waals surface area contributed by atoms with Crippen LogP contribution >= 0.6 is 0 Å². The topological polar surface area (TPSA) is 37.3 Å². The molecule has 2 heteroatoms. The van der Waals surface area contributed by atoms with Crippen LogP contribution in [-0.2, 0) is 4.79 Å². The Morgan fingerprint density at radius 3 is 1.27 bits per heavy atom. The molecule has 0 aliphatic heterocycles. The highest BCUT2D eigenvalue weighted by Crippen LogP contribution is 2.23. The molecule has 0 aliphatic carbocycles. The van der Waals surface area contributed by atoms with Gasteiger partial charge in [-0.05, 0) is 12.8 Å². The van der Waals surface area contributed by atoms with E-state index in [1.807, 2.05) is 13.8 Å². The lowest BCUT2D eigenvalue weighted by atomic mass is 9.84. The van der Waals surface area contributed by atoms with Crippen molar-refractivity contribution in [3.8, 4) is 0 Å². The lowest BCUT2D eigenvalue weighted by molar-refractivity contribution is -0.130. The number of ketones is 1. The zero-order valence-corrected chi connectivity index (χ0v) is 21.2. The van der Waals surface area contributed by atoms with E-state index < -0.39 is 6.10 Å². The summed E-state index contributed by atoms with van der Waals surface area (Å²) < 4.78 is 0. The number of Topliss-reactive ketones (excluding diaryl/α,β-unsaturated/α-hetero) is 1. The van der Waals surface area contributed by atoms with Gasteiger partial charge in [0.25, 0.3) is 0 Å². The van der Waals surface area contributed by atoms with Crippen molar-refractivity contribution in [2.45, 2.75) is 162 Å². The minimum atomic E-state index is -0.432. The van der Waals surface area contributed by atoms with Crippen LogP contribution in [0.2, 0.25) is 0 Å². The molecular formula is C28H56O2. The predicted molar refractivity (Wildman–Crippen MR) is 133 cm³/mol. The lowest BCUT2D eigenvalue weighted by Gasteiger charge is -2.23. The van der Waals surface area contributed by atoms with E-state index in [0.29, 0.717) is 0 Å². The smallest absolute Gasteiger partial charge is 0.141 e. The van der Waals surface area contributed by atoms with Crippen LogP contribution in [0.25, 0.3) is 0 Å². The molecule has 0 aliphatic rings. The van der Waals surface area contributed by atoms with E-state index in [9.17, 15) is 9.90 Å². The standard InChI is InChI=1S/C28H56O2/c1-5-7-9-11-13-15-16-18-20-22-24-27(29)26(28(30)25(3)4)23-21-19-17-14-12-10-8-6-2/h25-27,29H,5-24H2,1-4H3/t26-,27-/m1/s1. The van der Waals surface area contributed by atoms with E-state index in [-0.39, 0.29) is 17.6 Å². The second-order valence-electron chi connectivity index (χ2n) is 9.97. The van der Waals surface area contributed by atoms with Gasteiger partial charge < -0.3 is 5.11 Å². The van der Waals surface area contributed by atoms with Gasteiger partial charge in [0.05, 0.1) is 6.10 Å². The van der Waals surface area contributed by atoms with Crippen molar-refractivity contribution in [2.75, 3.05) is 0 Å². The molecule has 0 radical (unpaired) electrons. The Balaban J connectivity index is 3.94. The van der Waals surface area contributed by atoms with Crippen LogP contribution in [0.1, 0.15) is 156 Å². The number of carbonyl (C=O) groups is 1. The fourth-order valence-electron chi connectivity index (χ4n) is 4.49. The van der Waals surface area contributed by atoms with Crippen molar-refractivity contribution in [3.63, 3.8) is 0 Å². The largest absolute Gasteiger partial charge is 0.392 e. The fourth-order valence-corrected chi connectivity index (χ4v) is 4.49. The van der Waals surface area contributed by atoms with Crippen LogP contribution < -0.4 is 0 Å². The van der Waals surface area contributed by atoms with Crippen LogP contribution in [-0.4, -0.2) is 17.0 Å². The van der Waals surface area contributed by atoms with Gasteiger partial charge in [0.2, 0.25) is 0 Å². The predicted octanol–water partition coefficient (Wildman–Crippen LogP) is 9.03. The number of aliphatic hydroxyl groups is 1. The summed E-state index contributed by atoms with van der Waals surface area (Å²) in [5, 5.41) is 10.7. The molecule has 0 rings (SSSR count). The summed E-state index contributed by atoms with van der Waals surface area (Å²) in [6, 6.07) is 0. The number of unbranched alkanes of at least 4 members (excludes halogenated alkanes) is 16. The Morgan fingerprint density at radius 1 is 0.567 bits per heavy atom. The SMILES string of the molecule is CCCCCCCCCCCC[C@@H](O)[C@@H](CCCCCCCCCC)C(=O)C(C)C. The van der Waals surface area contributed by atoms with Gasteiger partial charge in [-0.3, -0.25) is 4.79 Å². The molecule has 2 atom stereocenters. The van der Waals surface area contributed by atoms with Gasteiger partial charge >= 0.3 is 0 Å². The first-order valence-corrected chi connectivity index (χ1v) is 13.8. The van der Waals surface area contributed by atoms with Gasteiger partial charge in [-0.25, -0.2) is 0 Å². The van der Waals surface area contributed by atoms with Crippen LogP contribution in [0.3, 0.4) is 0 Å². The molecule has 0 saturated heterocycles. The molecule has 0 bridgehead atoms. The number of rotatable bonds is 23. The van der Waals surface area contributed by atoms with E-state index in [4.69, 9.17) is 0 Å². The van der Waals surface area contributed by atoms with Crippen molar-refractivity contribution in [1.29, 1.82) is 0 Å². The highest BCUT2D eigenvalue weighted by molar-refractivity contribution is 5.83. The van der Waals surface area contributed by atoms with Gasteiger partial charge in [0.1, 0.15) is 5.78 Å². The van der Waals surface area contributed by atoms with E-state index in [1.54, 1.807) is 0 Å². The number of aliphatic hydroxyl groups excluding tert-OH is 1. The summed E-state index contributed by atoms with van der Waals surface area (Å²) >= 11 is 0. The monoisotopic (exact) mass is 424 g/mol. The Labute approximate surface area is 190 Å². The van der Waals surface area contributed by atoms with Gasteiger partial charge in [0, 0.05) is 11.8 Å². The maximum absolute atomic E-state index is 12.6. The molecule has 0 heterocycles. The fraction of sp³-hybridized carbons (Fsp3) is 0.964. The molecule has 2 nitrogen and oxygen atoms in total.